The van der Waals surface area contributed by atoms with Crippen LogP contribution in [-0.2, 0) is 29.5 Å². The lowest BCUT2D eigenvalue weighted by atomic mass is 10.2. The van der Waals surface area contributed by atoms with E-state index in [0.29, 0.717) is 26.4 Å². The van der Waals surface area contributed by atoms with E-state index in [1.807, 2.05) is 0 Å². The quantitative estimate of drug-likeness (QED) is 0.613. The van der Waals surface area contributed by atoms with Crippen molar-refractivity contribution in [3.8, 4) is 0 Å². The summed E-state index contributed by atoms with van der Waals surface area (Å²) in [6, 6.07) is -0.351. The average molecular weight is 397 g/mol. The van der Waals surface area contributed by atoms with E-state index in [-0.39, 0.29) is 49.0 Å². The van der Waals surface area contributed by atoms with Crippen molar-refractivity contribution < 1.29 is 26.3 Å². The summed E-state index contributed by atoms with van der Waals surface area (Å²) in [7, 11) is -6.77. The van der Waals surface area contributed by atoms with Crippen LogP contribution >= 0.6 is 0 Å². The molecule has 3 heterocycles. The molecule has 3 fully saturated rings. The third-order valence-electron chi connectivity index (χ3n) is 5.22. The Morgan fingerprint density at radius 1 is 0.880 bits per heavy atom. The Bertz CT molecular complexity index is 654. The van der Waals surface area contributed by atoms with Crippen molar-refractivity contribution in [1.29, 1.82) is 0 Å². The van der Waals surface area contributed by atoms with E-state index in [1.165, 1.54) is 8.61 Å². The van der Waals surface area contributed by atoms with E-state index in [1.54, 1.807) is 6.92 Å². The molecule has 8 nitrogen and oxygen atoms in total. The van der Waals surface area contributed by atoms with Crippen LogP contribution < -0.4 is 0 Å². The van der Waals surface area contributed by atoms with Crippen LogP contribution in [0.3, 0.4) is 0 Å². The van der Waals surface area contributed by atoms with Gasteiger partial charge in [0.05, 0.1) is 24.7 Å². The van der Waals surface area contributed by atoms with Gasteiger partial charge in [-0.15, -0.1) is 0 Å². The molecule has 3 aliphatic heterocycles. The molecule has 0 aromatic heterocycles. The Balaban J connectivity index is 1.59. The van der Waals surface area contributed by atoms with E-state index in [2.05, 4.69) is 0 Å². The summed E-state index contributed by atoms with van der Waals surface area (Å²) in [5, 5.41) is 0. The minimum Gasteiger partial charge on any atom is -0.381 e. The molecule has 0 aromatic carbocycles. The lowest BCUT2D eigenvalue weighted by Gasteiger charge is -2.38. The molecule has 0 radical (unpaired) electrons. The molecule has 0 amide bonds. The Morgan fingerprint density at radius 2 is 1.44 bits per heavy atom. The monoisotopic (exact) mass is 396 g/mol. The van der Waals surface area contributed by atoms with Gasteiger partial charge in [0.2, 0.25) is 20.0 Å². The Labute approximate surface area is 150 Å². The summed E-state index contributed by atoms with van der Waals surface area (Å²) in [6.07, 6.45) is 1.54. The van der Waals surface area contributed by atoms with Gasteiger partial charge >= 0.3 is 0 Å². The topological polar surface area (TPSA) is 93.2 Å². The molecule has 3 saturated heterocycles. The van der Waals surface area contributed by atoms with Crippen LogP contribution in [0.15, 0.2) is 0 Å². The van der Waals surface area contributed by atoms with Crippen molar-refractivity contribution in [3.05, 3.63) is 0 Å². The van der Waals surface area contributed by atoms with Crippen LogP contribution in [0, 0.1) is 11.8 Å². The lowest BCUT2D eigenvalue weighted by Crippen LogP contribution is -2.56. The molecule has 10 heteroatoms. The minimum absolute atomic E-state index is 0.0429. The Morgan fingerprint density at radius 3 is 1.92 bits per heavy atom. The van der Waals surface area contributed by atoms with Crippen molar-refractivity contribution in [3.63, 3.8) is 0 Å². The maximum atomic E-state index is 12.7. The zero-order valence-electron chi connectivity index (χ0n) is 14.7. The van der Waals surface area contributed by atoms with Crippen LogP contribution in [0.2, 0.25) is 0 Å². The largest absolute Gasteiger partial charge is 0.381 e. The highest BCUT2D eigenvalue weighted by Gasteiger charge is 2.39. The smallest absolute Gasteiger partial charge is 0.214 e. The number of hydrogen-bond acceptors (Lipinski definition) is 6. The number of nitrogens with zero attached hydrogens (tertiary/aromatic N) is 2. The van der Waals surface area contributed by atoms with Crippen molar-refractivity contribution in [2.45, 2.75) is 25.8 Å². The molecule has 0 spiro atoms. The van der Waals surface area contributed by atoms with Gasteiger partial charge in [-0.25, -0.2) is 16.8 Å². The zero-order chi connectivity index (χ0) is 18.1. The molecule has 0 aromatic rings. The standard InChI is InChI=1S/C15H28N2O6S2/c1-13-8-16(24(18,19)11-14-2-6-22-9-14)4-5-17(13)25(20,21)12-15-3-7-23-10-15/h13-15H,2-12H2,1H3. The van der Waals surface area contributed by atoms with Gasteiger partial charge in [-0.3, -0.25) is 0 Å². The van der Waals surface area contributed by atoms with Crippen LogP contribution in [-0.4, -0.2) is 89.1 Å². The van der Waals surface area contributed by atoms with Gasteiger partial charge in [-0.05, 0) is 31.6 Å². The van der Waals surface area contributed by atoms with Gasteiger partial charge in [0.15, 0.2) is 0 Å². The molecule has 3 unspecified atom stereocenters. The highest BCUT2D eigenvalue weighted by molar-refractivity contribution is 7.89. The summed E-state index contributed by atoms with van der Waals surface area (Å²) in [6.45, 7) is 4.66. The third kappa shape index (κ3) is 4.72. The van der Waals surface area contributed by atoms with Gasteiger partial charge in [-0.2, -0.15) is 8.61 Å². The van der Waals surface area contributed by atoms with Crippen LogP contribution in [0.4, 0.5) is 0 Å². The van der Waals surface area contributed by atoms with E-state index in [0.717, 1.165) is 12.8 Å². The van der Waals surface area contributed by atoms with Crippen molar-refractivity contribution >= 4 is 20.0 Å². The second kappa shape index (κ2) is 7.77. The molecular weight excluding hydrogens is 368 g/mol. The molecular formula is C15H28N2O6S2. The first-order chi connectivity index (χ1) is 11.8. The normalized spacial score (nSPS) is 33.1. The van der Waals surface area contributed by atoms with Crippen molar-refractivity contribution in [2.24, 2.45) is 11.8 Å². The summed E-state index contributed by atoms with van der Waals surface area (Å²) in [4.78, 5) is 0. The summed E-state index contributed by atoms with van der Waals surface area (Å²) in [5.41, 5.74) is 0. The first-order valence-corrected chi connectivity index (χ1v) is 12.1. The average Bonchev–Trinajstić information content (AvgIpc) is 3.20. The van der Waals surface area contributed by atoms with Crippen LogP contribution in [0.1, 0.15) is 19.8 Å². The number of sulfonamides is 2. The van der Waals surface area contributed by atoms with E-state index in [9.17, 15) is 16.8 Å². The maximum Gasteiger partial charge on any atom is 0.214 e. The maximum absolute atomic E-state index is 12.7. The van der Waals surface area contributed by atoms with E-state index < -0.39 is 20.0 Å². The van der Waals surface area contributed by atoms with Gasteiger partial charge in [0.25, 0.3) is 0 Å². The third-order valence-corrected chi connectivity index (χ3v) is 9.38. The van der Waals surface area contributed by atoms with Gasteiger partial charge in [0.1, 0.15) is 0 Å². The van der Waals surface area contributed by atoms with E-state index >= 15 is 0 Å². The minimum atomic E-state index is -3.40. The summed E-state index contributed by atoms with van der Waals surface area (Å²) in [5.74, 6) is 0.265. The molecule has 0 N–H and O–H groups in total. The number of hydrogen-bond donors (Lipinski definition) is 0. The molecule has 3 rings (SSSR count). The summed E-state index contributed by atoms with van der Waals surface area (Å²) < 4.78 is 64.0. The number of rotatable bonds is 6. The van der Waals surface area contributed by atoms with Crippen molar-refractivity contribution in [1.82, 2.24) is 8.61 Å². The first-order valence-electron chi connectivity index (χ1n) is 8.91. The second-order valence-electron chi connectivity index (χ2n) is 7.33. The first kappa shape index (κ1) is 19.5. The molecule has 0 bridgehead atoms. The van der Waals surface area contributed by atoms with Gasteiger partial charge < -0.3 is 9.47 Å². The highest BCUT2D eigenvalue weighted by Crippen LogP contribution is 2.23. The van der Waals surface area contributed by atoms with Gasteiger partial charge in [-0.1, -0.05) is 0 Å². The molecule has 0 aliphatic carbocycles. The molecule has 0 saturated carbocycles. The second-order valence-corrected chi connectivity index (χ2v) is 11.3. The van der Waals surface area contributed by atoms with E-state index in [4.69, 9.17) is 9.47 Å². The molecule has 25 heavy (non-hydrogen) atoms. The SMILES string of the molecule is CC1CN(S(=O)(=O)CC2CCOC2)CCN1S(=O)(=O)CC1CCOC1. The predicted molar refractivity (Wildman–Crippen MR) is 93.2 cm³/mol. The lowest BCUT2D eigenvalue weighted by molar-refractivity contribution is 0.186. The van der Waals surface area contributed by atoms with Crippen LogP contribution in [0.5, 0.6) is 0 Å². The highest BCUT2D eigenvalue weighted by atomic mass is 32.2. The Hall–Kier alpha value is -0.260. The predicted octanol–water partition coefficient (Wildman–Crippen LogP) is -0.275. The van der Waals surface area contributed by atoms with Crippen LogP contribution in [0.25, 0.3) is 0 Å². The summed E-state index contributed by atoms with van der Waals surface area (Å²) >= 11 is 0. The number of piperazine rings is 1. The Kier molecular flexibility index (Phi) is 6.06. The fraction of sp³-hybridized carbons (Fsp3) is 1.00. The molecule has 146 valence electrons. The fourth-order valence-electron chi connectivity index (χ4n) is 3.80. The molecule has 3 aliphatic rings. The fourth-order valence-corrected chi connectivity index (χ4v) is 7.70. The zero-order valence-corrected chi connectivity index (χ0v) is 16.3. The van der Waals surface area contributed by atoms with Crippen molar-refractivity contribution in [2.75, 3.05) is 57.6 Å². The number of ether oxygens (including phenoxy) is 2. The molecule has 3 atom stereocenters. The van der Waals surface area contributed by atoms with Gasteiger partial charge in [0, 0.05) is 38.9 Å².